The summed E-state index contributed by atoms with van der Waals surface area (Å²) in [6.45, 7) is 17.8. The van der Waals surface area contributed by atoms with Gasteiger partial charge in [-0.25, -0.2) is 25.5 Å². The zero-order chi connectivity index (χ0) is 53.8. The Hall–Kier alpha value is -6.01. The number of nitrogens with zero attached hydrogens (tertiary/aromatic N) is 9. The third-order valence-electron chi connectivity index (χ3n) is 11.5. The van der Waals surface area contributed by atoms with Crippen molar-refractivity contribution < 1.29 is 55.2 Å². The minimum atomic E-state index is -4.81. The van der Waals surface area contributed by atoms with Crippen LogP contribution in [0.4, 0.5) is 39.6 Å². The van der Waals surface area contributed by atoms with E-state index in [1.807, 2.05) is 47.6 Å². The number of nitriles is 1. The van der Waals surface area contributed by atoms with Crippen molar-refractivity contribution in [3.05, 3.63) is 105 Å². The van der Waals surface area contributed by atoms with Gasteiger partial charge in [0, 0.05) is 20.9 Å². The molecule has 0 radical (unpaired) electrons. The highest BCUT2D eigenvalue weighted by Crippen LogP contribution is 2.47. The Morgan fingerprint density at radius 1 is 0.757 bits per heavy atom. The number of pyridine rings is 1. The first kappa shape index (κ1) is 54.3. The van der Waals surface area contributed by atoms with Crippen LogP contribution in [0.1, 0.15) is 71.0 Å². The highest BCUT2D eigenvalue weighted by molar-refractivity contribution is 7.94. The molecule has 0 aliphatic carbocycles. The van der Waals surface area contributed by atoms with Crippen LogP contribution < -0.4 is 10.2 Å². The molecule has 74 heavy (non-hydrogen) atoms. The van der Waals surface area contributed by atoms with Gasteiger partial charge < -0.3 is 5.32 Å². The first-order valence-electron chi connectivity index (χ1n) is 21.7. The van der Waals surface area contributed by atoms with E-state index in [4.69, 9.17) is 45.1 Å². The molecule has 0 fully saturated rings. The second-order valence-corrected chi connectivity index (χ2v) is 24.1. The first-order valence-corrected chi connectivity index (χ1v) is 27.7. The Labute approximate surface area is 440 Å². The normalized spacial score (nSPS) is 12.4. The van der Waals surface area contributed by atoms with E-state index in [1.54, 1.807) is 56.0 Å². The van der Waals surface area contributed by atoms with Crippen molar-refractivity contribution in [2.24, 2.45) is 10.2 Å². The van der Waals surface area contributed by atoms with E-state index in [0.29, 0.717) is 63.4 Å². The van der Waals surface area contributed by atoms with Crippen molar-refractivity contribution in [3.63, 3.8) is 0 Å². The minimum absolute atomic E-state index is 0.0454. The van der Waals surface area contributed by atoms with Crippen molar-refractivity contribution in [3.8, 4) is 11.2 Å². The van der Waals surface area contributed by atoms with Crippen LogP contribution in [0.5, 0.6) is 0 Å². The molecule has 0 atom stereocenters. The fourth-order valence-corrected chi connectivity index (χ4v) is 12.9. The highest BCUT2D eigenvalue weighted by Gasteiger charge is 2.32. The molecule has 8 aromatic rings. The van der Waals surface area contributed by atoms with Crippen LogP contribution in [0.2, 0.25) is 0 Å². The molecule has 5 N–H and O–H groups in total. The van der Waals surface area contributed by atoms with Crippen molar-refractivity contribution in [1.29, 1.82) is 5.26 Å². The fraction of sp³-hybridized carbons (Fsp3) is 0.239. The van der Waals surface area contributed by atoms with Crippen molar-refractivity contribution in [1.82, 2.24) is 24.7 Å². The van der Waals surface area contributed by atoms with Gasteiger partial charge in [-0.3, -0.25) is 14.0 Å². The van der Waals surface area contributed by atoms with E-state index in [0.717, 1.165) is 46.5 Å². The third-order valence-corrected chi connectivity index (χ3v) is 17.0. The Bertz CT molecular complexity index is 3870. The first-order chi connectivity index (χ1) is 34.8. The third kappa shape index (κ3) is 10.8. The van der Waals surface area contributed by atoms with E-state index < -0.39 is 25.7 Å². The van der Waals surface area contributed by atoms with Crippen LogP contribution in [0, 0.1) is 59.8 Å². The van der Waals surface area contributed by atoms with Crippen LogP contribution in [-0.4, -0.2) is 61.2 Å². The summed E-state index contributed by atoms with van der Waals surface area (Å²) in [6.07, 6.45) is 0. The number of fused-ring (bicyclic) bond motifs is 2. The molecule has 0 bridgehead atoms. The van der Waals surface area contributed by atoms with Gasteiger partial charge in [-0.2, -0.15) is 31.9 Å². The second-order valence-electron chi connectivity index (χ2n) is 17.8. The topological polar surface area (TPSA) is 306 Å². The summed E-state index contributed by atoms with van der Waals surface area (Å²) in [6, 6.07) is 16.5. The lowest BCUT2D eigenvalue weighted by atomic mass is 9.90. The number of aryl methyl sites for hydroxylation is 5. The zero-order valence-corrected chi connectivity index (χ0v) is 45.6. The van der Waals surface area contributed by atoms with Gasteiger partial charge in [-0.15, -0.1) is 18.9 Å². The second kappa shape index (κ2) is 21.0. The van der Waals surface area contributed by atoms with Gasteiger partial charge in [-0.05, 0) is 130 Å². The molecule has 0 unspecified atom stereocenters. The molecule has 0 aliphatic rings. The van der Waals surface area contributed by atoms with E-state index >= 15 is 0 Å². The predicted molar refractivity (Wildman–Crippen MR) is 280 cm³/mol. The molecule has 0 spiro atoms. The lowest BCUT2D eigenvalue weighted by molar-refractivity contribution is -0.432. The Morgan fingerprint density at radius 2 is 1.42 bits per heavy atom. The van der Waals surface area contributed by atoms with Gasteiger partial charge >= 0.3 is 0 Å². The molecule has 22 nitrogen and oxygen atoms in total. The summed E-state index contributed by atoms with van der Waals surface area (Å²) < 4.78 is 83.1. The van der Waals surface area contributed by atoms with Gasteiger partial charge in [-0.1, -0.05) is 65.7 Å². The number of hydrogen-bond acceptors (Lipinski definition) is 23. The van der Waals surface area contributed by atoms with Gasteiger partial charge in [0.2, 0.25) is 5.13 Å². The van der Waals surface area contributed by atoms with Crippen molar-refractivity contribution >= 4 is 127 Å². The van der Waals surface area contributed by atoms with E-state index in [1.165, 1.54) is 41.1 Å². The lowest BCUT2D eigenvalue weighted by Crippen LogP contribution is -2.17. The maximum Gasteiger partial charge on any atom is 0.295 e. The van der Waals surface area contributed by atoms with E-state index in [2.05, 4.69) is 25.8 Å². The van der Waals surface area contributed by atoms with Gasteiger partial charge in [0.1, 0.15) is 28.0 Å². The summed E-state index contributed by atoms with van der Waals surface area (Å²) in [4.78, 5) is 16.9. The predicted octanol–water partition coefficient (Wildman–Crippen LogP) is 12.8. The largest absolute Gasteiger partial charge is 0.338 e. The molecule has 4 aromatic heterocycles. The molecular weight excluding hydrogens is 1080 g/mol. The molecule has 0 aliphatic heterocycles. The summed E-state index contributed by atoms with van der Waals surface area (Å²) in [5.41, 5.74) is 5.34. The average Bonchev–Trinajstić information content (AvgIpc) is 4.04. The smallest absolute Gasteiger partial charge is 0.295 e. The number of aromatic nitrogens is 5. The SMILES string of the molecule is Cc1cc(N(c2nc3ccc(S(=O)(=O)O)cc3s2)c2c(C)cc(C)c(S(=O)(=O)O)c2C)nc(Nc2c(C)cc(C)c(SOOO)c2C)c1/N=N/c1c(C#N)c(C(C)(C)C)nn1-c1nc2ccc(SOOO)cc2s1. The molecule has 28 heteroatoms. The fourth-order valence-electron chi connectivity index (χ4n) is 8.44. The molecule has 4 aromatic carbocycles. The van der Waals surface area contributed by atoms with Gasteiger partial charge in [0.05, 0.1) is 60.8 Å². The number of rotatable bonds is 16. The molecule has 8 rings (SSSR count). The van der Waals surface area contributed by atoms with Crippen LogP contribution in [0.25, 0.3) is 25.6 Å². The Balaban J connectivity index is 1.41. The molecule has 0 amide bonds. The maximum atomic E-state index is 13.1. The number of thiazole rings is 2. The number of anilines is 5. The molecule has 0 saturated carbocycles. The number of azo groups is 1. The summed E-state index contributed by atoms with van der Waals surface area (Å²) in [5.74, 6) is 0.277. The summed E-state index contributed by atoms with van der Waals surface area (Å²) in [7, 11) is -9.43. The van der Waals surface area contributed by atoms with Crippen LogP contribution in [0.15, 0.2) is 84.4 Å². The highest BCUT2D eigenvalue weighted by atomic mass is 32.2. The standard InChI is InChI=1S/C46H44N10O12S6/c1-21-15-24(4)39(72-68-66-58)26(6)36(21)51-42-37(52-53-43-30(20-47)41(46(8,9)10)54-56(43)45-49-31-13-11-28(71-67-65-57)18-33(31)70-45)22(2)17-35(50-42)55(38-23(3)16-25(5)40(27(38)7)74(62,63)64)44-48-32-14-12-29(73(59,60)61)19-34(32)69-44/h11-19,57-58H,1-10H3,(H,50,51)(H,59,60,61)(H,62,63,64)/b53-52+. The molecular formula is C46H44N10O12S6. The molecule has 4 heterocycles. The zero-order valence-electron chi connectivity index (χ0n) is 40.7. The van der Waals surface area contributed by atoms with Crippen molar-refractivity contribution in [2.75, 3.05) is 10.2 Å². The van der Waals surface area contributed by atoms with Crippen LogP contribution >= 0.6 is 46.8 Å². The van der Waals surface area contributed by atoms with Crippen LogP contribution in [0.3, 0.4) is 0 Å². The minimum Gasteiger partial charge on any atom is -0.338 e. The van der Waals surface area contributed by atoms with Gasteiger partial charge in [0.15, 0.2) is 16.8 Å². The number of benzene rings is 4. The number of hydrogen-bond donors (Lipinski definition) is 5. The average molecular weight is 1120 g/mol. The van der Waals surface area contributed by atoms with Crippen LogP contribution in [-0.2, 0) is 44.4 Å². The molecule has 386 valence electrons. The maximum absolute atomic E-state index is 13.1. The summed E-state index contributed by atoms with van der Waals surface area (Å²) >= 11 is 3.82. The van der Waals surface area contributed by atoms with Crippen molar-refractivity contribution in [2.45, 2.75) is 94.2 Å². The monoisotopic (exact) mass is 1120 g/mol. The quantitative estimate of drug-likeness (QED) is 0.0197. The van der Waals surface area contributed by atoms with E-state index in [9.17, 15) is 31.2 Å². The number of nitrogens with one attached hydrogen (secondary N) is 1. The molecule has 0 saturated heterocycles. The Kier molecular flexibility index (Phi) is 15.4. The summed E-state index contributed by atoms with van der Waals surface area (Å²) in [5, 5.41) is 54.7. The Morgan fingerprint density at radius 3 is 2.08 bits per heavy atom. The van der Waals surface area contributed by atoms with E-state index in [-0.39, 0.29) is 60.4 Å². The van der Waals surface area contributed by atoms with Gasteiger partial charge in [0.25, 0.3) is 20.2 Å². The lowest BCUT2D eigenvalue weighted by Gasteiger charge is -2.28.